The Morgan fingerprint density at radius 1 is 1.15 bits per heavy atom. The van der Waals surface area contributed by atoms with Crippen LogP contribution in [0.1, 0.15) is 49.8 Å². The second-order valence-electron chi connectivity index (χ2n) is 6.40. The van der Waals surface area contributed by atoms with Crippen LogP contribution in [0, 0.1) is 0 Å². The van der Waals surface area contributed by atoms with Crippen LogP contribution in [0.4, 0.5) is 0 Å². The highest BCUT2D eigenvalue weighted by atomic mass is 32.2. The van der Waals surface area contributed by atoms with Gasteiger partial charge in [-0.2, -0.15) is 11.8 Å². The van der Waals surface area contributed by atoms with E-state index in [0.717, 1.165) is 19.0 Å². The van der Waals surface area contributed by atoms with Crippen LogP contribution in [0.25, 0.3) is 0 Å². The minimum atomic E-state index is 0.383. The monoisotopic (exact) mass is 290 g/mol. The van der Waals surface area contributed by atoms with Gasteiger partial charge in [-0.15, -0.1) is 0 Å². The van der Waals surface area contributed by atoms with E-state index in [2.05, 4.69) is 54.8 Å². The van der Waals surface area contributed by atoms with E-state index in [-0.39, 0.29) is 0 Å². The molecule has 3 atom stereocenters. The standard InChI is InChI=1S/C17H26N2S/c1-12-10-19(11-13(2)20-12)17(9-18)16-7-5-15(6-8-16)14-3-4-14/h5-8,12-14,17H,3-4,9-11,18H2,1-2H3. The van der Waals surface area contributed by atoms with Crippen LogP contribution >= 0.6 is 11.8 Å². The Bertz CT molecular complexity index is 431. The van der Waals surface area contributed by atoms with Gasteiger partial charge in [-0.05, 0) is 29.9 Å². The SMILES string of the molecule is CC1CN(C(CN)c2ccc(C3CC3)cc2)CC(C)S1. The molecular weight excluding hydrogens is 264 g/mol. The highest BCUT2D eigenvalue weighted by molar-refractivity contribution is 8.00. The largest absolute Gasteiger partial charge is 0.329 e. The zero-order chi connectivity index (χ0) is 14.1. The van der Waals surface area contributed by atoms with Crippen LogP contribution in [-0.4, -0.2) is 35.0 Å². The van der Waals surface area contributed by atoms with Crippen molar-refractivity contribution in [3.05, 3.63) is 35.4 Å². The molecule has 0 spiro atoms. The van der Waals surface area contributed by atoms with Crippen molar-refractivity contribution < 1.29 is 0 Å². The molecule has 1 saturated carbocycles. The topological polar surface area (TPSA) is 29.3 Å². The van der Waals surface area contributed by atoms with Crippen molar-refractivity contribution in [2.24, 2.45) is 5.73 Å². The fourth-order valence-electron chi connectivity index (χ4n) is 3.38. The molecule has 1 aliphatic heterocycles. The van der Waals surface area contributed by atoms with Crippen LogP contribution < -0.4 is 5.73 Å². The first-order valence-corrected chi connectivity index (χ1v) is 8.81. The predicted molar refractivity (Wildman–Crippen MR) is 88.3 cm³/mol. The lowest BCUT2D eigenvalue weighted by molar-refractivity contribution is 0.199. The van der Waals surface area contributed by atoms with Crippen molar-refractivity contribution in [3.8, 4) is 0 Å². The minimum Gasteiger partial charge on any atom is -0.329 e. The number of benzene rings is 1. The van der Waals surface area contributed by atoms with Crippen LogP contribution in [0.2, 0.25) is 0 Å². The summed E-state index contributed by atoms with van der Waals surface area (Å²) in [6.45, 7) is 7.68. The Morgan fingerprint density at radius 2 is 1.75 bits per heavy atom. The molecule has 0 aromatic heterocycles. The third-order valence-corrected chi connectivity index (χ3v) is 5.71. The molecule has 2 aliphatic rings. The highest BCUT2D eigenvalue weighted by Gasteiger charge is 2.28. The predicted octanol–water partition coefficient (Wildman–Crippen LogP) is 3.39. The zero-order valence-electron chi connectivity index (χ0n) is 12.6. The summed E-state index contributed by atoms with van der Waals surface area (Å²) >= 11 is 2.10. The summed E-state index contributed by atoms with van der Waals surface area (Å²) in [6, 6.07) is 9.64. The summed E-state index contributed by atoms with van der Waals surface area (Å²) in [7, 11) is 0. The maximum Gasteiger partial charge on any atom is 0.0471 e. The first-order valence-electron chi connectivity index (χ1n) is 7.86. The van der Waals surface area contributed by atoms with E-state index < -0.39 is 0 Å². The van der Waals surface area contributed by atoms with Crippen LogP contribution in [-0.2, 0) is 0 Å². The Balaban J connectivity index is 1.74. The van der Waals surface area contributed by atoms with E-state index in [1.807, 2.05) is 0 Å². The molecule has 3 unspecified atom stereocenters. The van der Waals surface area contributed by atoms with Crippen molar-refractivity contribution in [2.45, 2.75) is 49.1 Å². The number of hydrogen-bond donors (Lipinski definition) is 1. The number of thioether (sulfide) groups is 1. The van der Waals surface area contributed by atoms with Gasteiger partial charge in [-0.3, -0.25) is 4.90 Å². The van der Waals surface area contributed by atoms with Crippen molar-refractivity contribution in [1.29, 1.82) is 0 Å². The van der Waals surface area contributed by atoms with E-state index >= 15 is 0 Å². The fraction of sp³-hybridized carbons (Fsp3) is 0.647. The quantitative estimate of drug-likeness (QED) is 0.921. The summed E-state index contributed by atoms with van der Waals surface area (Å²) in [5.74, 6) is 0.840. The number of hydrogen-bond acceptors (Lipinski definition) is 3. The minimum absolute atomic E-state index is 0.383. The second-order valence-corrected chi connectivity index (χ2v) is 8.29. The van der Waals surface area contributed by atoms with Gasteiger partial charge in [0.05, 0.1) is 0 Å². The lowest BCUT2D eigenvalue weighted by Crippen LogP contribution is -2.44. The van der Waals surface area contributed by atoms with E-state index in [1.165, 1.54) is 24.0 Å². The van der Waals surface area contributed by atoms with Gasteiger partial charge in [-0.25, -0.2) is 0 Å². The number of nitrogens with two attached hydrogens (primary N) is 1. The molecule has 2 fully saturated rings. The van der Waals surface area contributed by atoms with E-state index in [9.17, 15) is 0 Å². The lowest BCUT2D eigenvalue weighted by atomic mass is 10.0. The number of rotatable bonds is 4. The third-order valence-electron chi connectivity index (χ3n) is 4.48. The molecule has 0 radical (unpaired) electrons. The smallest absolute Gasteiger partial charge is 0.0471 e. The molecule has 2 N–H and O–H groups in total. The molecule has 3 heteroatoms. The summed E-state index contributed by atoms with van der Waals surface area (Å²) < 4.78 is 0. The van der Waals surface area contributed by atoms with Crippen LogP contribution in [0.5, 0.6) is 0 Å². The number of nitrogens with zero attached hydrogens (tertiary/aromatic N) is 1. The van der Waals surface area contributed by atoms with E-state index in [0.29, 0.717) is 23.1 Å². The molecule has 1 aliphatic carbocycles. The molecule has 1 saturated heterocycles. The van der Waals surface area contributed by atoms with Gasteiger partial charge in [0, 0.05) is 36.2 Å². The van der Waals surface area contributed by atoms with Crippen LogP contribution in [0.15, 0.2) is 24.3 Å². The molecule has 110 valence electrons. The van der Waals surface area contributed by atoms with Gasteiger partial charge in [0.1, 0.15) is 0 Å². The summed E-state index contributed by atoms with van der Waals surface area (Å²) in [5, 5.41) is 1.41. The summed E-state index contributed by atoms with van der Waals surface area (Å²) in [6.07, 6.45) is 2.75. The Labute approximate surface area is 127 Å². The molecule has 0 bridgehead atoms. The van der Waals surface area contributed by atoms with Crippen molar-refractivity contribution in [1.82, 2.24) is 4.90 Å². The Hall–Kier alpha value is -0.510. The average Bonchev–Trinajstić information content (AvgIpc) is 3.24. The average molecular weight is 290 g/mol. The summed E-state index contributed by atoms with van der Waals surface area (Å²) in [4.78, 5) is 2.58. The molecule has 1 aromatic rings. The molecule has 0 amide bonds. The molecule has 1 aromatic carbocycles. The van der Waals surface area contributed by atoms with Crippen molar-refractivity contribution >= 4 is 11.8 Å². The first-order chi connectivity index (χ1) is 9.67. The zero-order valence-corrected chi connectivity index (χ0v) is 13.4. The third kappa shape index (κ3) is 3.21. The molecule has 20 heavy (non-hydrogen) atoms. The van der Waals surface area contributed by atoms with Gasteiger partial charge in [0.15, 0.2) is 0 Å². The van der Waals surface area contributed by atoms with Gasteiger partial charge in [0.2, 0.25) is 0 Å². The maximum absolute atomic E-state index is 6.09. The Morgan fingerprint density at radius 3 is 2.25 bits per heavy atom. The van der Waals surface area contributed by atoms with E-state index in [4.69, 9.17) is 5.73 Å². The van der Waals surface area contributed by atoms with Crippen LogP contribution in [0.3, 0.4) is 0 Å². The van der Waals surface area contributed by atoms with Gasteiger partial charge in [-0.1, -0.05) is 38.1 Å². The van der Waals surface area contributed by atoms with Gasteiger partial charge >= 0.3 is 0 Å². The molecule has 1 heterocycles. The second kappa shape index (κ2) is 6.08. The van der Waals surface area contributed by atoms with Gasteiger partial charge < -0.3 is 5.73 Å². The van der Waals surface area contributed by atoms with E-state index in [1.54, 1.807) is 0 Å². The molecule has 2 nitrogen and oxygen atoms in total. The Kier molecular flexibility index (Phi) is 4.39. The molecule has 3 rings (SSSR count). The maximum atomic E-state index is 6.09. The summed E-state index contributed by atoms with van der Waals surface area (Å²) in [5.41, 5.74) is 8.99. The highest BCUT2D eigenvalue weighted by Crippen LogP contribution is 2.40. The first kappa shape index (κ1) is 14.4. The van der Waals surface area contributed by atoms with Gasteiger partial charge in [0.25, 0.3) is 0 Å². The molecular formula is C17H26N2S. The normalized spacial score (nSPS) is 29.4. The van der Waals surface area contributed by atoms with Crippen molar-refractivity contribution in [2.75, 3.05) is 19.6 Å². The lowest BCUT2D eigenvalue weighted by Gasteiger charge is -2.39. The fourth-order valence-corrected chi connectivity index (χ4v) is 4.72. The van der Waals surface area contributed by atoms with Crippen molar-refractivity contribution in [3.63, 3.8) is 0 Å².